The van der Waals surface area contributed by atoms with Crippen LogP contribution >= 0.6 is 0 Å². The first-order valence-electron chi connectivity index (χ1n) is 4.66. The lowest BCUT2D eigenvalue weighted by Gasteiger charge is -1.92. The molecule has 0 saturated heterocycles. The second kappa shape index (κ2) is 3.08. The monoisotopic (exact) mass is 196 g/mol. The minimum Gasteiger partial charge on any atom is -0.481 e. The van der Waals surface area contributed by atoms with Crippen molar-refractivity contribution in [3.05, 3.63) is 11.7 Å². The summed E-state index contributed by atoms with van der Waals surface area (Å²) in [6, 6.07) is 0. The Balaban J connectivity index is 2.09. The van der Waals surface area contributed by atoms with Gasteiger partial charge in [0.15, 0.2) is 5.82 Å². The molecule has 1 fully saturated rings. The summed E-state index contributed by atoms with van der Waals surface area (Å²) in [6.45, 7) is 3.94. The highest BCUT2D eigenvalue weighted by molar-refractivity contribution is 5.74. The zero-order chi connectivity index (χ0) is 10.3. The molecule has 0 radical (unpaired) electrons. The number of aromatic nitrogens is 2. The molecule has 2 unspecified atom stereocenters. The van der Waals surface area contributed by atoms with E-state index in [1.54, 1.807) is 0 Å². The molecule has 1 aromatic rings. The van der Waals surface area contributed by atoms with Crippen molar-refractivity contribution in [3.8, 4) is 0 Å². The average molecular weight is 196 g/mol. The smallest absolute Gasteiger partial charge is 0.307 e. The van der Waals surface area contributed by atoms with Gasteiger partial charge in [0.2, 0.25) is 5.89 Å². The summed E-state index contributed by atoms with van der Waals surface area (Å²) in [5.74, 6) is 0.175. The van der Waals surface area contributed by atoms with E-state index < -0.39 is 5.97 Å². The zero-order valence-corrected chi connectivity index (χ0v) is 8.10. The Kier molecular flexibility index (Phi) is 2.02. The molecule has 1 aliphatic carbocycles. The van der Waals surface area contributed by atoms with Crippen LogP contribution in [0.15, 0.2) is 4.52 Å². The van der Waals surface area contributed by atoms with Crippen LogP contribution in [0.4, 0.5) is 0 Å². The van der Waals surface area contributed by atoms with E-state index in [0.29, 0.717) is 18.1 Å². The van der Waals surface area contributed by atoms with Crippen LogP contribution in [0.3, 0.4) is 0 Å². The van der Waals surface area contributed by atoms with Crippen molar-refractivity contribution in [3.63, 3.8) is 0 Å². The number of aliphatic carboxylic acids is 1. The predicted molar refractivity (Wildman–Crippen MR) is 46.9 cm³/mol. The fourth-order valence-electron chi connectivity index (χ4n) is 1.37. The van der Waals surface area contributed by atoms with Crippen LogP contribution in [-0.4, -0.2) is 21.2 Å². The molecule has 0 aliphatic heterocycles. The number of hydrogen-bond donors (Lipinski definition) is 1. The molecule has 5 heteroatoms. The van der Waals surface area contributed by atoms with E-state index in [1.165, 1.54) is 0 Å². The maximum atomic E-state index is 10.6. The molecule has 0 bridgehead atoms. The first kappa shape index (κ1) is 9.18. The highest BCUT2D eigenvalue weighted by Gasteiger charge is 2.48. The lowest BCUT2D eigenvalue weighted by Crippen LogP contribution is -1.99. The van der Waals surface area contributed by atoms with E-state index in [9.17, 15) is 4.79 Å². The third-order valence-electron chi connectivity index (χ3n) is 2.40. The molecule has 0 spiro atoms. The molecule has 1 aliphatic rings. The van der Waals surface area contributed by atoms with Crippen LogP contribution in [0.5, 0.6) is 0 Å². The molecule has 0 aromatic carbocycles. The Morgan fingerprint density at radius 3 is 2.79 bits per heavy atom. The van der Waals surface area contributed by atoms with E-state index in [2.05, 4.69) is 10.1 Å². The van der Waals surface area contributed by atoms with Crippen LogP contribution in [0, 0.1) is 5.92 Å². The van der Waals surface area contributed by atoms with Crippen LogP contribution in [0.25, 0.3) is 0 Å². The quantitative estimate of drug-likeness (QED) is 0.790. The molecule has 1 N–H and O–H groups in total. The molecule has 5 nitrogen and oxygen atoms in total. The maximum Gasteiger partial charge on any atom is 0.307 e. The van der Waals surface area contributed by atoms with Crippen molar-refractivity contribution in [1.29, 1.82) is 0 Å². The largest absolute Gasteiger partial charge is 0.481 e. The Morgan fingerprint density at radius 1 is 1.64 bits per heavy atom. The SMILES string of the molecule is CC(C)c1noc(C2CC2C(=O)O)n1. The number of hydrogen-bond acceptors (Lipinski definition) is 4. The fraction of sp³-hybridized carbons (Fsp3) is 0.667. The van der Waals surface area contributed by atoms with Gasteiger partial charge < -0.3 is 9.63 Å². The normalized spacial score (nSPS) is 25.4. The topological polar surface area (TPSA) is 76.2 Å². The summed E-state index contributed by atoms with van der Waals surface area (Å²) in [7, 11) is 0. The highest BCUT2D eigenvalue weighted by Crippen LogP contribution is 2.46. The molecule has 2 atom stereocenters. The molecular formula is C9H12N2O3. The van der Waals surface area contributed by atoms with Crippen molar-refractivity contribution in [2.45, 2.75) is 32.1 Å². The average Bonchev–Trinajstić information content (AvgIpc) is 2.76. The van der Waals surface area contributed by atoms with Gasteiger partial charge in [-0.25, -0.2) is 0 Å². The minimum absolute atomic E-state index is 0.0625. The van der Waals surface area contributed by atoms with Gasteiger partial charge in [-0.1, -0.05) is 19.0 Å². The molecule has 1 heterocycles. The summed E-state index contributed by atoms with van der Waals surface area (Å²) >= 11 is 0. The van der Waals surface area contributed by atoms with Gasteiger partial charge in [-0.05, 0) is 6.42 Å². The Morgan fingerprint density at radius 2 is 2.36 bits per heavy atom. The Labute approximate surface area is 81.1 Å². The Bertz CT molecular complexity index is 359. The molecule has 1 aromatic heterocycles. The summed E-state index contributed by atoms with van der Waals surface area (Å²) in [6.07, 6.45) is 0.620. The number of nitrogens with zero attached hydrogens (tertiary/aromatic N) is 2. The van der Waals surface area contributed by atoms with Gasteiger partial charge in [0.05, 0.1) is 11.8 Å². The highest BCUT2D eigenvalue weighted by atomic mass is 16.5. The zero-order valence-electron chi connectivity index (χ0n) is 8.10. The van der Waals surface area contributed by atoms with Gasteiger partial charge in [0.25, 0.3) is 0 Å². The number of carbonyl (C=O) groups is 1. The van der Waals surface area contributed by atoms with Gasteiger partial charge in [-0.2, -0.15) is 4.98 Å². The van der Waals surface area contributed by atoms with E-state index in [0.717, 1.165) is 0 Å². The second-order valence-corrected chi connectivity index (χ2v) is 3.93. The molecule has 14 heavy (non-hydrogen) atoms. The molecular weight excluding hydrogens is 184 g/mol. The summed E-state index contributed by atoms with van der Waals surface area (Å²) < 4.78 is 5.01. The van der Waals surface area contributed by atoms with Crippen LogP contribution in [0.2, 0.25) is 0 Å². The summed E-state index contributed by atoms with van der Waals surface area (Å²) in [5, 5.41) is 12.5. The van der Waals surface area contributed by atoms with Gasteiger partial charge in [-0.15, -0.1) is 0 Å². The lowest BCUT2D eigenvalue weighted by atomic mass is 10.2. The van der Waals surface area contributed by atoms with Crippen molar-refractivity contribution in [2.24, 2.45) is 5.92 Å². The lowest BCUT2D eigenvalue weighted by molar-refractivity contribution is -0.138. The van der Waals surface area contributed by atoms with Crippen molar-refractivity contribution >= 4 is 5.97 Å². The fourth-order valence-corrected chi connectivity index (χ4v) is 1.37. The first-order chi connectivity index (χ1) is 6.59. The third kappa shape index (κ3) is 1.49. The van der Waals surface area contributed by atoms with Crippen molar-refractivity contribution in [2.75, 3.05) is 0 Å². The predicted octanol–water partition coefficient (Wildman–Crippen LogP) is 1.38. The van der Waals surface area contributed by atoms with Crippen LogP contribution < -0.4 is 0 Å². The van der Waals surface area contributed by atoms with Crippen LogP contribution in [0.1, 0.15) is 43.8 Å². The second-order valence-electron chi connectivity index (χ2n) is 3.93. The number of rotatable bonds is 3. The van der Waals surface area contributed by atoms with Gasteiger partial charge in [-0.3, -0.25) is 4.79 Å². The molecule has 2 rings (SSSR count). The van der Waals surface area contributed by atoms with Crippen LogP contribution in [-0.2, 0) is 4.79 Å². The number of carboxylic acids is 1. The molecule has 1 saturated carbocycles. The molecule has 0 amide bonds. The standard InChI is InChI=1S/C9H12N2O3/c1-4(2)7-10-8(14-11-7)5-3-6(5)9(12)13/h4-6H,3H2,1-2H3,(H,12,13). The van der Waals surface area contributed by atoms with Gasteiger partial charge in [0.1, 0.15) is 0 Å². The third-order valence-corrected chi connectivity index (χ3v) is 2.40. The van der Waals surface area contributed by atoms with E-state index >= 15 is 0 Å². The summed E-state index contributed by atoms with van der Waals surface area (Å²) in [4.78, 5) is 14.8. The van der Waals surface area contributed by atoms with E-state index in [-0.39, 0.29) is 17.8 Å². The first-order valence-corrected chi connectivity index (χ1v) is 4.66. The van der Waals surface area contributed by atoms with Crippen molar-refractivity contribution in [1.82, 2.24) is 10.1 Å². The number of carboxylic acid groups (broad SMARTS) is 1. The van der Waals surface area contributed by atoms with Gasteiger partial charge in [0, 0.05) is 5.92 Å². The molecule has 76 valence electrons. The Hall–Kier alpha value is -1.39. The summed E-state index contributed by atoms with van der Waals surface area (Å²) in [5.41, 5.74) is 0. The van der Waals surface area contributed by atoms with Crippen molar-refractivity contribution < 1.29 is 14.4 Å². The minimum atomic E-state index is -0.778. The van der Waals surface area contributed by atoms with E-state index in [4.69, 9.17) is 9.63 Å². The van der Waals surface area contributed by atoms with E-state index in [1.807, 2.05) is 13.8 Å². The maximum absolute atomic E-state index is 10.6. The van der Waals surface area contributed by atoms with Gasteiger partial charge >= 0.3 is 5.97 Å².